The van der Waals surface area contributed by atoms with Crippen LogP contribution in [0.15, 0.2) is 37.4 Å². The zero-order valence-electron chi connectivity index (χ0n) is 13.2. The predicted molar refractivity (Wildman–Crippen MR) is 91.0 cm³/mol. The molecule has 0 aliphatic heterocycles. The van der Waals surface area contributed by atoms with E-state index in [2.05, 4.69) is 0 Å². The molecule has 126 valence electrons. The predicted octanol–water partition coefficient (Wildman–Crippen LogP) is -1.04. The Kier molecular flexibility index (Phi) is 3.45. The lowest BCUT2D eigenvalue weighted by Crippen LogP contribution is -2.50. The third-order valence-electron chi connectivity index (χ3n) is 4.13. The number of hydrogen-bond donors (Lipinski definition) is 3. The van der Waals surface area contributed by atoms with Crippen molar-refractivity contribution in [1.29, 1.82) is 0 Å². The van der Waals surface area contributed by atoms with E-state index < -0.39 is 48.9 Å². The van der Waals surface area contributed by atoms with Gasteiger partial charge in [-0.05, 0) is 13.8 Å². The zero-order valence-corrected chi connectivity index (χ0v) is 13.2. The Bertz CT molecular complexity index is 1450. The summed E-state index contributed by atoms with van der Waals surface area (Å²) < 4.78 is 0. The van der Waals surface area contributed by atoms with Gasteiger partial charge in [0.2, 0.25) is 10.9 Å². The van der Waals surface area contributed by atoms with Gasteiger partial charge in [0, 0.05) is 21.2 Å². The Morgan fingerprint density at radius 1 is 0.800 bits per heavy atom. The molecule has 2 aliphatic carbocycles. The van der Waals surface area contributed by atoms with E-state index in [1.54, 1.807) is 0 Å². The quantitative estimate of drug-likeness (QED) is 0.446. The SMILES string of the molecule is C/C(O)=c1\cccc2c(=O)c3c(=O)c(=O)c(=O)/c(=C(\C)O)c=3c(O)c12. The molecule has 0 atom stereocenters. The largest absolute Gasteiger partial charge is 0.512 e. The van der Waals surface area contributed by atoms with Crippen molar-refractivity contribution in [2.75, 3.05) is 0 Å². The van der Waals surface area contributed by atoms with Crippen molar-refractivity contribution in [2.45, 2.75) is 13.8 Å². The van der Waals surface area contributed by atoms with Crippen LogP contribution in [0.3, 0.4) is 0 Å². The van der Waals surface area contributed by atoms with Crippen molar-refractivity contribution in [1.82, 2.24) is 0 Å². The van der Waals surface area contributed by atoms with Crippen molar-refractivity contribution in [3.8, 4) is 5.75 Å². The average Bonchev–Trinajstić information content (AvgIpc) is 2.56. The fourth-order valence-electron chi connectivity index (χ4n) is 3.04. The van der Waals surface area contributed by atoms with Gasteiger partial charge in [0.15, 0.2) is 5.43 Å². The summed E-state index contributed by atoms with van der Waals surface area (Å²) in [6.45, 7) is 2.44. The summed E-state index contributed by atoms with van der Waals surface area (Å²) in [4.78, 5) is 48.9. The van der Waals surface area contributed by atoms with Crippen molar-refractivity contribution < 1.29 is 15.3 Å². The summed E-state index contributed by atoms with van der Waals surface area (Å²) in [6.07, 6.45) is 0. The Balaban J connectivity index is 3.11. The van der Waals surface area contributed by atoms with Gasteiger partial charge in [0.05, 0.1) is 16.2 Å². The van der Waals surface area contributed by atoms with Crippen molar-refractivity contribution in [3.63, 3.8) is 0 Å². The Morgan fingerprint density at radius 3 is 2.00 bits per heavy atom. The second-order valence-electron chi connectivity index (χ2n) is 5.69. The molecule has 1 aromatic carbocycles. The highest BCUT2D eigenvalue weighted by Gasteiger charge is 2.19. The van der Waals surface area contributed by atoms with E-state index in [0.717, 1.165) is 6.92 Å². The average molecular weight is 340 g/mol. The zero-order chi connectivity index (χ0) is 18.6. The number of hydrogen-bond acceptors (Lipinski definition) is 7. The molecule has 7 heteroatoms. The Labute approximate surface area is 138 Å². The number of rotatable bonds is 0. The number of aliphatic hydroxyl groups excluding tert-OH is 2. The molecule has 0 spiro atoms. The minimum absolute atomic E-state index is 0.0695. The van der Waals surface area contributed by atoms with Crippen LogP contribution in [0.25, 0.3) is 22.3 Å². The molecule has 0 radical (unpaired) electrons. The second kappa shape index (κ2) is 5.27. The molecule has 2 aliphatic rings. The minimum Gasteiger partial charge on any atom is -0.512 e. The van der Waals surface area contributed by atoms with E-state index >= 15 is 0 Å². The number of benzene rings is 1. The molecule has 0 aromatic heterocycles. The number of aliphatic hydroxyl groups is 2. The normalized spacial score (nSPS) is 14.0. The van der Waals surface area contributed by atoms with Gasteiger partial charge in [0.1, 0.15) is 11.5 Å². The highest BCUT2D eigenvalue weighted by molar-refractivity contribution is 5.89. The molecule has 0 saturated heterocycles. The van der Waals surface area contributed by atoms with E-state index in [1.807, 2.05) is 0 Å². The molecule has 3 rings (SSSR count). The van der Waals surface area contributed by atoms with Crippen LogP contribution < -0.4 is 32.2 Å². The van der Waals surface area contributed by atoms with E-state index in [0.29, 0.717) is 0 Å². The van der Waals surface area contributed by atoms with Gasteiger partial charge >= 0.3 is 0 Å². The van der Waals surface area contributed by atoms with Gasteiger partial charge in [-0.3, -0.25) is 19.2 Å². The summed E-state index contributed by atoms with van der Waals surface area (Å²) >= 11 is 0. The molecular formula is C18H12O7. The van der Waals surface area contributed by atoms with Crippen LogP contribution in [-0.2, 0) is 0 Å². The highest BCUT2D eigenvalue weighted by atomic mass is 16.3. The maximum Gasteiger partial charge on any atom is 0.274 e. The fraction of sp³-hybridized carbons (Fsp3) is 0.111. The van der Waals surface area contributed by atoms with Crippen molar-refractivity contribution in [2.24, 2.45) is 0 Å². The smallest absolute Gasteiger partial charge is 0.274 e. The Hall–Kier alpha value is -3.48. The summed E-state index contributed by atoms with van der Waals surface area (Å²) in [5.41, 5.74) is -4.95. The van der Waals surface area contributed by atoms with Crippen LogP contribution in [0.5, 0.6) is 5.75 Å². The summed E-state index contributed by atoms with van der Waals surface area (Å²) in [5, 5.41) is 28.5. The van der Waals surface area contributed by atoms with Gasteiger partial charge in [-0.1, -0.05) is 18.2 Å². The van der Waals surface area contributed by atoms with Crippen LogP contribution in [0.2, 0.25) is 0 Å². The molecule has 0 amide bonds. The number of fused-ring (bicyclic) bond motifs is 1. The first kappa shape index (κ1) is 16.4. The fourth-order valence-corrected chi connectivity index (χ4v) is 3.04. The first-order valence-corrected chi connectivity index (χ1v) is 7.23. The Morgan fingerprint density at radius 2 is 1.44 bits per heavy atom. The second-order valence-corrected chi connectivity index (χ2v) is 5.69. The molecular weight excluding hydrogens is 328 g/mol. The first-order chi connectivity index (χ1) is 11.7. The van der Waals surface area contributed by atoms with Crippen LogP contribution in [-0.4, -0.2) is 15.3 Å². The molecule has 1 aromatic rings. The van der Waals surface area contributed by atoms with Gasteiger partial charge < -0.3 is 15.3 Å². The standard InChI is InChI=1S/C18H12O7/c1-6(19)8-4-3-5-9-11(8)15(22)12-10(7(2)20)16(23)18(25)17(24)13(12)14(9)21/h3-5,19-20,22H,1-2H3/b8-6-,10-7+. The molecule has 7 nitrogen and oxygen atoms in total. The van der Waals surface area contributed by atoms with Gasteiger partial charge in [-0.15, -0.1) is 0 Å². The highest BCUT2D eigenvalue weighted by Crippen LogP contribution is 2.19. The monoisotopic (exact) mass is 340 g/mol. The lowest BCUT2D eigenvalue weighted by Gasteiger charge is -2.05. The summed E-state index contributed by atoms with van der Waals surface area (Å²) in [6, 6.07) is 4.21. The maximum absolute atomic E-state index is 12.7. The van der Waals surface area contributed by atoms with Crippen LogP contribution >= 0.6 is 0 Å². The maximum atomic E-state index is 12.7. The van der Waals surface area contributed by atoms with Crippen LogP contribution in [0.4, 0.5) is 0 Å². The molecule has 0 heterocycles. The molecule has 25 heavy (non-hydrogen) atoms. The molecule has 0 unspecified atom stereocenters. The molecule has 0 fully saturated rings. The van der Waals surface area contributed by atoms with Crippen LogP contribution in [0, 0.1) is 10.4 Å². The summed E-state index contributed by atoms with van der Waals surface area (Å²) in [7, 11) is 0. The molecule has 3 N–H and O–H groups in total. The third-order valence-corrected chi connectivity index (χ3v) is 4.13. The van der Waals surface area contributed by atoms with Gasteiger partial charge in [0.25, 0.3) is 5.43 Å². The summed E-state index contributed by atoms with van der Waals surface area (Å²) in [5.74, 6) is -1.44. The van der Waals surface area contributed by atoms with E-state index in [1.165, 1.54) is 25.1 Å². The lowest BCUT2D eigenvalue weighted by molar-refractivity contribution is 0.472. The van der Waals surface area contributed by atoms with Gasteiger partial charge in [-0.2, -0.15) is 0 Å². The lowest BCUT2D eigenvalue weighted by atomic mass is 9.99. The molecule has 0 saturated carbocycles. The van der Waals surface area contributed by atoms with Crippen molar-refractivity contribution >= 4 is 22.3 Å². The first-order valence-electron chi connectivity index (χ1n) is 7.23. The third kappa shape index (κ3) is 2.06. The van der Waals surface area contributed by atoms with Crippen molar-refractivity contribution in [3.05, 3.63) is 80.0 Å². The minimum atomic E-state index is -1.45. The van der Waals surface area contributed by atoms with E-state index in [4.69, 9.17) is 0 Å². The van der Waals surface area contributed by atoms with Crippen LogP contribution in [0.1, 0.15) is 13.8 Å². The van der Waals surface area contributed by atoms with E-state index in [-0.39, 0.29) is 21.8 Å². The van der Waals surface area contributed by atoms with E-state index in [9.17, 15) is 34.5 Å². The number of aromatic hydroxyl groups is 1. The molecule has 0 bridgehead atoms. The topological polar surface area (TPSA) is 129 Å². The van der Waals surface area contributed by atoms with Gasteiger partial charge in [-0.25, -0.2) is 0 Å².